The van der Waals surface area contributed by atoms with E-state index in [9.17, 15) is 0 Å². The van der Waals surface area contributed by atoms with Crippen molar-refractivity contribution in [3.63, 3.8) is 0 Å². The summed E-state index contributed by atoms with van der Waals surface area (Å²) in [4.78, 5) is 2.50. The van der Waals surface area contributed by atoms with E-state index in [4.69, 9.17) is 0 Å². The molecule has 0 radical (unpaired) electrons. The van der Waals surface area contributed by atoms with Crippen LogP contribution in [0.25, 0.3) is 91.8 Å². The molecule has 1 saturated carbocycles. The van der Waals surface area contributed by atoms with E-state index >= 15 is 0 Å². The molecular weight excluding hydrogens is 829 g/mol. The lowest BCUT2D eigenvalue weighted by Gasteiger charge is -2.29. The van der Waals surface area contributed by atoms with Gasteiger partial charge in [0.15, 0.2) is 0 Å². The molecule has 13 rings (SSSR count). The molecule has 0 atom stereocenters. The Morgan fingerprint density at radius 2 is 1.07 bits per heavy atom. The molecule has 1 aliphatic carbocycles. The lowest BCUT2D eigenvalue weighted by molar-refractivity contribution is 0.445. The summed E-state index contributed by atoms with van der Waals surface area (Å²) < 4.78 is 5.07. The highest BCUT2D eigenvalue weighted by Gasteiger charge is 2.24. The Morgan fingerprint density at radius 3 is 1.96 bits per heavy atom. The number of anilines is 3. The summed E-state index contributed by atoms with van der Waals surface area (Å²) in [6.07, 6.45) is 6.46. The van der Waals surface area contributed by atoms with Gasteiger partial charge in [-0.1, -0.05) is 183 Å². The first-order valence-corrected chi connectivity index (χ1v) is 24.7. The Balaban J connectivity index is 1.01. The Labute approximate surface area is 395 Å². The van der Waals surface area contributed by atoms with Crippen molar-refractivity contribution < 1.29 is 0 Å². The third-order valence-corrected chi connectivity index (χ3v) is 15.5. The number of aromatic nitrogens is 1. The summed E-state index contributed by atoms with van der Waals surface area (Å²) in [5.41, 5.74) is 15.8. The van der Waals surface area contributed by atoms with E-state index in [-0.39, 0.29) is 0 Å². The minimum atomic E-state index is 0.576. The van der Waals surface area contributed by atoms with Crippen LogP contribution in [-0.4, -0.2) is 4.57 Å². The first kappa shape index (κ1) is 39.6. The molecule has 320 valence electrons. The van der Waals surface area contributed by atoms with Crippen molar-refractivity contribution in [1.82, 2.24) is 4.57 Å². The fourth-order valence-corrected chi connectivity index (χ4v) is 12.5. The lowest BCUT2D eigenvalue weighted by atomic mass is 9.80. The highest BCUT2D eigenvalue weighted by atomic mass is 32.1. The largest absolute Gasteiger partial charge is 0.310 e. The summed E-state index contributed by atoms with van der Waals surface area (Å²) in [6, 6.07) is 83.5. The summed E-state index contributed by atoms with van der Waals surface area (Å²) >= 11 is 1.88. The van der Waals surface area contributed by atoms with Gasteiger partial charge in [-0.3, -0.25) is 0 Å². The first-order chi connectivity index (χ1) is 33.3. The third-order valence-electron chi connectivity index (χ3n) is 14.4. The molecule has 0 amide bonds. The van der Waals surface area contributed by atoms with Gasteiger partial charge in [0.2, 0.25) is 0 Å². The summed E-state index contributed by atoms with van der Waals surface area (Å²) in [5.74, 6) is 0.576. The van der Waals surface area contributed by atoms with Crippen LogP contribution >= 0.6 is 11.3 Å². The molecule has 0 saturated heterocycles. The number of fused-ring (bicyclic) bond motifs is 7. The van der Waals surface area contributed by atoms with Crippen molar-refractivity contribution in [2.24, 2.45) is 0 Å². The summed E-state index contributed by atoms with van der Waals surface area (Å²) in [5, 5.41) is 7.85. The maximum Gasteiger partial charge on any atom is 0.0619 e. The van der Waals surface area contributed by atoms with E-state index in [0.29, 0.717) is 5.92 Å². The second-order valence-corrected chi connectivity index (χ2v) is 19.3. The molecule has 3 heteroatoms. The van der Waals surface area contributed by atoms with E-state index in [2.05, 4.69) is 234 Å². The van der Waals surface area contributed by atoms with Crippen LogP contribution in [0, 0.1) is 0 Å². The maximum atomic E-state index is 2.50. The number of hydrogen-bond donors (Lipinski definition) is 0. The smallest absolute Gasteiger partial charge is 0.0619 e. The van der Waals surface area contributed by atoms with Crippen LogP contribution < -0.4 is 4.90 Å². The minimum Gasteiger partial charge on any atom is -0.310 e. The van der Waals surface area contributed by atoms with Gasteiger partial charge in [0.05, 0.1) is 16.7 Å². The van der Waals surface area contributed by atoms with Gasteiger partial charge in [-0.2, -0.15) is 0 Å². The quantitative estimate of drug-likeness (QED) is 0.148. The van der Waals surface area contributed by atoms with Crippen molar-refractivity contribution in [1.29, 1.82) is 0 Å². The fourth-order valence-electron chi connectivity index (χ4n) is 11.4. The minimum absolute atomic E-state index is 0.576. The first-order valence-electron chi connectivity index (χ1n) is 23.9. The van der Waals surface area contributed by atoms with Gasteiger partial charge in [-0.25, -0.2) is 0 Å². The SMILES string of the molecule is c1ccc(-n2c3ccccc3c3cccc(-c4ccc(N(c5cccc(-c6cccc7sc8ccccc8c67)c5)c5ccccc5-c5cccc6cccc(C7CCCCC7)c56)cc4)c32)cc1. The zero-order valence-corrected chi connectivity index (χ0v) is 38.1. The number of para-hydroxylation sites is 4. The lowest BCUT2D eigenvalue weighted by Crippen LogP contribution is -2.11. The van der Waals surface area contributed by atoms with Crippen molar-refractivity contribution in [3.05, 3.63) is 230 Å². The molecular formula is C64H48N2S. The molecule has 0 spiro atoms. The Morgan fingerprint density at radius 1 is 0.418 bits per heavy atom. The van der Waals surface area contributed by atoms with Crippen molar-refractivity contribution in [2.75, 3.05) is 4.90 Å². The van der Waals surface area contributed by atoms with Crippen molar-refractivity contribution >= 4 is 81.1 Å². The van der Waals surface area contributed by atoms with Crippen LogP contribution in [0.15, 0.2) is 224 Å². The number of thiophene rings is 1. The van der Waals surface area contributed by atoms with Crippen molar-refractivity contribution in [2.45, 2.75) is 38.0 Å². The molecule has 1 aliphatic rings. The average Bonchev–Trinajstić information content (AvgIpc) is 3.96. The normalized spacial score (nSPS) is 13.3. The molecule has 2 aromatic heterocycles. The van der Waals surface area contributed by atoms with Crippen LogP contribution in [0.4, 0.5) is 17.1 Å². The van der Waals surface area contributed by atoms with Gasteiger partial charge in [-0.15, -0.1) is 11.3 Å². The molecule has 1 fully saturated rings. The van der Waals surface area contributed by atoms with Crippen LogP contribution in [0.2, 0.25) is 0 Å². The zero-order valence-electron chi connectivity index (χ0n) is 37.3. The fraction of sp³-hybridized carbons (Fsp3) is 0.0938. The maximum absolute atomic E-state index is 2.50. The Bertz CT molecular complexity index is 3790. The monoisotopic (exact) mass is 876 g/mol. The number of hydrogen-bond acceptors (Lipinski definition) is 2. The molecule has 0 bridgehead atoms. The second-order valence-electron chi connectivity index (χ2n) is 18.2. The molecule has 0 N–H and O–H groups in total. The Hall–Kier alpha value is -7.72. The molecule has 10 aromatic carbocycles. The van der Waals surface area contributed by atoms with Crippen LogP contribution in [0.1, 0.15) is 43.6 Å². The third kappa shape index (κ3) is 6.76. The van der Waals surface area contributed by atoms with Gasteiger partial charge in [0.25, 0.3) is 0 Å². The van der Waals surface area contributed by atoms with E-state index in [0.717, 1.165) is 22.7 Å². The second kappa shape index (κ2) is 16.6. The highest BCUT2D eigenvalue weighted by molar-refractivity contribution is 7.25. The molecule has 67 heavy (non-hydrogen) atoms. The van der Waals surface area contributed by atoms with Crippen LogP contribution in [0.3, 0.4) is 0 Å². The van der Waals surface area contributed by atoms with Gasteiger partial charge in [0, 0.05) is 59.1 Å². The van der Waals surface area contributed by atoms with Gasteiger partial charge in [-0.05, 0) is 118 Å². The summed E-state index contributed by atoms with van der Waals surface area (Å²) in [6.45, 7) is 0. The van der Waals surface area contributed by atoms with E-state index in [1.165, 1.54) is 124 Å². The highest BCUT2D eigenvalue weighted by Crippen LogP contribution is 2.48. The van der Waals surface area contributed by atoms with E-state index < -0.39 is 0 Å². The standard InChI is InChI=1S/C64H48N2S/c1-3-18-43(19-4-1)50-29-14-20-45-21-15-32-55(62(45)50)53-26-7-10-34-58(53)65(49-25-13-22-46(42-49)51-30-17-37-61-63(51)57-28-9-12-36-60(57)67-61)48-40-38-44(39-41-48)52-31-16-33-56-54-27-8-11-35-59(54)66(64(52)56)47-23-5-2-6-24-47/h2,5-17,20-43H,1,3-4,18-19H2. The van der Waals surface area contributed by atoms with Gasteiger partial charge < -0.3 is 9.47 Å². The topological polar surface area (TPSA) is 8.17 Å². The molecule has 2 heterocycles. The number of rotatable bonds is 8. The summed E-state index contributed by atoms with van der Waals surface area (Å²) in [7, 11) is 0. The van der Waals surface area contributed by atoms with Gasteiger partial charge in [0.1, 0.15) is 0 Å². The van der Waals surface area contributed by atoms with Gasteiger partial charge >= 0.3 is 0 Å². The van der Waals surface area contributed by atoms with E-state index in [1.807, 2.05) is 11.3 Å². The van der Waals surface area contributed by atoms with Crippen LogP contribution in [-0.2, 0) is 0 Å². The predicted molar refractivity (Wildman–Crippen MR) is 288 cm³/mol. The predicted octanol–water partition coefficient (Wildman–Crippen LogP) is 18.8. The number of nitrogens with zero attached hydrogens (tertiary/aromatic N) is 2. The van der Waals surface area contributed by atoms with Crippen molar-refractivity contribution in [3.8, 4) is 39.1 Å². The van der Waals surface area contributed by atoms with E-state index in [1.54, 1.807) is 0 Å². The molecule has 0 aliphatic heterocycles. The Kier molecular flexibility index (Phi) is 9.83. The zero-order chi connectivity index (χ0) is 44.3. The molecule has 2 nitrogen and oxygen atoms in total. The molecule has 0 unspecified atom stereocenters. The van der Waals surface area contributed by atoms with Crippen LogP contribution in [0.5, 0.6) is 0 Å². The molecule has 12 aromatic rings. The number of benzene rings is 10. The average molecular weight is 877 g/mol.